The van der Waals surface area contributed by atoms with Gasteiger partial charge in [-0.15, -0.1) is 5.10 Å². The van der Waals surface area contributed by atoms with Crippen molar-refractivity contribution in [2.75, 3.05) is 6.61 Å². The second-order valence-corrected chi connectivity index (χ2v) is 9.39. The quantitative estimate of drug-likeness (QED) is 0.150. The number of hydrogen-bond donors (Lipinski definition) is 0. The highest BCUT2D eigenvalue weighted by Crippen LogP contribution is 2.22. The number of carbonyl (C=O) groups is 1. The van der Waals surface area contributed by atoms with Crippen molar-refractivity contribution < 1.29 is 23.7 Å². The maximum atomic E-state index is 12.6. The van der Waals surface area contributed by atoms with Crippen LogP contribution in [0.1, 0.15) is 39.5 Å². The van der Waals surface area contributed by atoms with Crippen molar-refractivity contribution in [3.63, 3.8) is 0 Å². The second-order valence-electron chi connectivity index (χ2n) is 9.39. The van der Waals surface area contributed by atoms with Gasteiger partial charge in [0.25, 0.3) is 0 Å². The standard InChI is InChI=1S/C34H32N2O5/c1-2-38-34(37)32-22-36(21-26-13-17-30(18-14-26)39-23-27-9-5-3-6-10-27)35-33(32)41-25-29-15-19-31(20-16-29)40-24-28-11-7-4-8-12-28/h3-20,22H,2,21,23-25H2,1H3. The molecule has 0 N–H and O–H groups in total. The van der Waals surface area contributed by atoms with E-state index in [4.69, 9.17) is 18.9 Å². The summed E-state index contributed by atoms with van der Waals surface area (Å²) in [5.74, 6) is 1.31. The first-order chi connectivity index (χ1) is 20.2. The molecule has 0 amide bonds. The molecule has 0 bridgehead atoms. The number of carbonyl (C=O) groups excluding carboxylic acids is 1. The molecule has 0 radical (unpaired) electrons. The number of hydrogen-bond acceptors (Lipinski definition) is 6. The highest BCUT2D eigenvalue weighted by atomic mass is 16.5. The van der Waals surface area contributed by atoms with Crippen LogP contribution in [-0.4, -0.2) is 22.4 Å². The highest BCUT2D eigenvalue weighted by Gasteiger charge is 2.19. The van der Waals surface area contributed by atoms with Crippen LogP contribution >= 0.6 is 0 Å². The van der Waals surface area contributed by atoms with Crippen LogP contribution in [-0.2, 0) is 31.1 Å². The molecule has 1 heterocycles. The fourth-order valence-electron chi connectivity index (χ4n) is 4.13. The Balaban J connectivity index is 1.19. The Morgan fingerprint density at radius 3 is 1.66 bits per heavy atom. The van der Waals surface area contributed by atoms with Crippen LogP contribution in [0.4, 0.5) is 0 Å². The van der Waals surface area contributed by atoms with E-state index in [0.29, 0.717) is 19.8 Å². The average Bonchev–Trinajstić information content (AvgIpc) is 3.43. The number of aromatic nitrogens is 2. The van der Waals surface area contributed by atoms with Crippen molar-refractivity contribution in [1.29, 1.82) is 0 Å². The monoisotopic (exact) mass is 548 g/mol. The topological polar surface area (TPSA) is 71.8 Å². The third kappa shape index (κ3) is 7.99. The largest absolute Gasteiger partial charge is 0.489 e. The molecule has 0 aliphatic rings. The Hall–Kier alpha value is -5.04. The normalized spacial score (nSPS) is 10.7. The van der Waals surface area contributed by atoms with Gasteiger partial charge in [0, 0.05) is 6.20 Å². The number of benzene rings is 4. The van der Waals surface area contributed by atoms with E-state index < -0.39 is 5.97 Å². The van der Waals surface area contributed by atoms with Gasteiger partial charge in [-0.2, -0.15) is 0 Å². The lowest BCUT2D eigenvalue weighted by Crippen LogP contribution is -2.06. The fraction of sp³-hybridized carbons (Fsp3) is 0.176. The van der Waals surface area contributed by atoms with E-state index in [9.17, 15) is 4.79 Å². The Morgan fingerprint density at radius 1 is 0.634 bits per heavy atom. The van der Waals surface area contributed by atoms with E-state index in [1.54, 1.807) is 17.8 Å². The van der Waals surface area contributed by atoms with Gasteiger partial charge in [0.1, 0.15) is 36.9 Å². The zero-order valence-electron chi connectivity index (χ0n) is 22.9. The van der Waals surface area contributed by atoms with Gasteiger partial charge < -0.3 is 18.9 Å². The van der Waals surface area contributed by atoms with Gasteiger partial charge in [0.2, 0.25) is 5.88 Å². The number of rotatable bonds is 13. The summed E-state index contributed by atoms with van der Waals surface area (Å²) in [5.41, 5.74) is 4.44. The molecule has 4 aromatic carbocycles. The van der Waals surface area contributed by atoms with Crippen LogP contribution in [0.5, 0.6) is 17.4 Å². The number of ether oxygens (including phenoxy) is 4. The minimum absolute atomic E-state index is 0.232. The van der Waals surface area contributed by atoms with Crippen LogP contribution < -0.4 is 14.2 Å². The molecule has 41 heavy (non-hydrogen) atoms. The van der Waals surface area contributed by atoms with E-state index in [0.717, 1.165) is 33.8 Å². The van der Waals surface area contributed by atoms with Crippen LogP contribution in [0.2, 0.25) is 0 Å². The van der Waals surface area contributed by atoms with E-state index in [1.165, 1.54) is 0 Å². The van der Waals surface area contributed by atoms with Gasteiger partial charge in [-0.1, -0.05) is 84.9 Å². The summed E-state index contributed by atoms with van der Waals surface area (Å²) in [6.45, 7) is 3.74. The molecule has 0 aliphatic heterocycles. The molecule has 0 saturated carbocycles. The summed E-state index contributed by atoms with van der Waals surface area (Å²) >= 11 is 0. The first-order valence-corrected chi connectivity index (χ1v) is 13.5. The Bertz CT molecular complexity index is 1520. The Kier molecular flexibility index (Phi) is 9.30. The van der Waals surface area contributed by atoms with Crippen molar-refractivity contribution in [2.24, 2.45) is 0 Å². The SMILES string of the molecule is CCOC(=O)c1cn(Cc2ccc(OCc3ccccc3)cc2)nc1OCc1ccc(OCc2ccccc2)cc1. The molecule has 5 rings (SSSR count). The molecule has 0 unspecified atom stereocenters. The molecule has 0 saturated heterocycles. The summed E-state index contributed by atoms with van der Waals surface area (Å²) in [6, 6.07) is 35.5. The molecule has 0 atom stereocenters. The van der Waals surface area contributed by atoms with E-state index >= 15 is 0 Å². The van der Waals surface area contributed by atoms with Crippen LogP contribution in [0, 0.1) is 0 Å². The van der Waals surface area contributed by atoms with E-state index in [-0.39, 0.29) is 24.7 Å². The lowest BCUT2D eigenvalue weighted by Gasteiger charge is -2.09. The zero-order valence-corrected chi connectivity index (χ0v) is 22.9. The summed E-state index contributed by atoms with van der Waals surface area (Å²) in [4.78, 5) is 12.6. The predicted octanol–water partition coefficient (Wildman–Crippen LogP) is 6.85. The van der Waals surface area contributed by atoms with Crippen LogP contribution in [0.15, 0.2) is 115 Å². The predicted molar refractivity (Wildman–Crippen MR) is 156 cm³/mol. The number of esters is 1. The third-order valence-corrected chi connectivity index (χ3v) is 6.29. The molecule has 1 aromatic heterocycles. The van der Waals surface area contributed by atoms with E-state index in [1.807, 2.05) is 109 Å². The highest BCUT2D eigenvalue weighted by molar-refractivity contribution is 5.91. The summed E-state index contributed by atoms with van der Waals surface area (Å²) in [6.07, 6.45) is 1.66. The minimum atomic E-state index is -0.469. The molecule has 0 fully saturated rings. The smallest absolute Gasteiger partial charge is 0.345 e. The molecule has 0 aliphatic carbocycles. The van der Waals surface area contributed by atoms with Gasteiger partial charge in [-0.05, 0) is 53.4 Å². The van der Waals surface area contributed by atoms with Gasteiger partial charge in [0.15, 0.2) is 0 Å². The van der Waals surface area contributed by atoms with Crippen LogP contribution in [0.25, 0.3) is 0 Å². The van der Waals surface area contributed by atoms with Crippen molar-refractivity contribution in [3.05, 3.63) is 143 Å². The van der Waals surface area contributed by atoms with Gasteiger partial charge in [0.05, 0.1) is 13.2 Å². The Morgan fingerprint density at radius 2 is 1.12 bits per heavy atom. The Labute approximate surface area is 239 Å². The molecular weight excluding hydrogens is 516 g/mol. The average molecular weight is 549 g/mol. The molecule has 7 nitrogen and oxygen atoms in total. The summed E-state index contributed by atoms with van der Waals surface area (Å²) in [7, 11) is 0. The lowest BCUT2D eigenvalue weighted by molar-refractivity contribution is 0.0521. The maximum absolute atomic E-state index is 12.6. The van der Waals surface area contributed by atoms with E-state index in [2.05, 4.69) is 5.10 Å². The van der Waals surface area contributed by atoms with Crippen molar-refractivity contribution in [1.82, 2.24) is 9.78 Å². The van der Waals surface area contributed by atoms with Crippen molar-refractivity contribution in [2.45, 2.75) is 33.3 Å². The second kappa shape index (κ2) is 13.8. The fourth-order valence-corrected chi connectivity index (χ4v) is 4.13. The zero-order chi connectivity index (χ0) is 28.3. The van der Waals surface area contributed by atoms with Crippen molar-refractivity contribution >= 4 is 5.97 Å². The summed E-state index contributed by atoms with van der Waals surface area (Å²) in [5, 5.41) is 4.54. The van der Waals surface area contributed by atoms with Gasteiger partial charge in [-0.25, -0.2) is 4.79 Å². The van der Waals surface area contributed by atoms with Gasteiger partial charge in [-0.3, -0.25) is 4.68 Å². The first kappa shape index (κ1) is 27.5. The van der Waals surface area contributed by atoms with Gasteiger partial charge >= 0.3 is 5.97 Å². The number of nitrogens with zero attached hydrogens (tertiary/aromatic N) is 2. The van der Waals surface area contributed by atoms with Crippen molar-refractivity contribution in [3.8, 4) is 17.4 Å². The maximum Gasteiger partial charge on any atom is 0.345 e. The molecule has 5 aromatic rings. The molecule has 0 spiro atoms. The third-order valence-electron chi connectivity index (χ3n) is 6.29. The lowest BCUT2D eigenvalue weighted by atomic mass is 10.2. The molecular formula is C34H32N2O5. The molecule has 208 valence electrons. The van der Waals surface area contributed by atoms with Crippen LogP contribution in [0.3, 0.4) is 0 Å². The minimum Gasteiger partial charge on any atom is -0.489 e. The molecule has 7 heteroatoms. The first-order valence-electron chi connectivity index (χ1n) is 13.5. The summed E-state index contributed by atoms with van der Waals surface area (Å²) < 4.78 is 24.6.